The summed E-state index contributed by atoms with van der Waals surface area (Å²) in [5.74, 6) is -1.40. The van der Waals surface area contributed by atoms with Crippen molar-refractivity contribution in [2.45, 2.75) is 58.7 Å². The number of hydrogen-bond donors (Lipinski definition) is 2. The normalized spacial score (nSPS) is 11.8. The first kappa shape index (κ1) is 19.7. The molecule has 2 N–H and O–H groups in total. The van der Waals surface area contributed by atoms with E-state index in [1.165, 1.54) is 11.8 Å². The average Bonchev–Trinajstić information content (AvgIpc) is 2.52. The van der Waals surface area contributed by atoms with E-state index < -0.39 is 12.0 Å². The molecule has 1 aromatic carbocycles. The van der Waals surface area contributed by atoms with E-state index in [-0.39, 0.29) is 37.2 Å². The molecule has 0 aliphatic rings. The highest BCUT2D eigenvalue weighted by atomic mass is 16.4. The van der Waals surface area contributed by atoms with E-state index >= 15 is 0 Å². The summed E-state index contributed by atoms with van der Waals surface area (Å²) in [6.45, 7) is 5.48. The number of aliphatic carboxylic acids is 1. The lowest BCUT2D eigenvalue weighted by Crippen LogP contribution is -2.42. The van der Waals surface area contributed by atoms with Crippen LogP contribution < -0.4 is 5.32 Å². The molecule has 0 heterocycles. The lowest BCUT2D eigenvalue weighted by Gasteiger charge is -2.26. The van der Waals surface area contributed by atoms with Crippen molar-refractivity contribution in [1.29, 1.82) is 0 Å². The number of carbonyl (C=O) groups excluding carboxylic acids is 2. The van der Waals surface area contributed by atoms with Crippen molar-refractivity contribution in [2.75, 3.05) is 0 Å². The zero-order chi connectivity index (χ0) is 18.1. The molecule has 0 aliphatic carbocycles. The van der Waals surface area contributed by atoms with Gasteiger partial charge in [-0.15, -0.1) is 0 Å². The number of nitrogens with one attached hydrogen (secondary N) is 1. The van der Waals surface area contributed by atoms with E-state index in [0.29, 0.717) is 6.42 Å². The smallest absolute Gasteiger partial charge is 0.326 e. The Bertz CT molecular complexity index is 557. The van der Waals surface area contributed by atoms with E-state index in [1.807, 2.05) is 44.2 Å². The summed E-state index contributed by atoms with van der Waals surface area (Å²) in [5, 5.41) is 12.0. The Morgan fingerprint density at radius 1 is 1.08 bits per heavy atom. The second kappa shape index (κ2) is 9.70. The van der Waals surface area contributed by atoms with Crippen LogP contribution in [-0.2, 0) is 20.9 Å². The predicted molar refractivity (Wildman–Crippen MR) is 91.2 cm³/mol. The van der Waals surface area contributed by atoms with Crippen LogP contribution in [0.5, 0.6) is 0 Å². The van der Waals surface area contributed by atoms with Crippen LogP contribution in [0.4, 0.5) is 0 Å². The summed E-state index contributed by atoms with van der Waals surface area (Å²) < 4.78 is 0. The quantitative estimate of drug-likeness (QED) is 0.725. The van der Waals surface area contributed by atoms with Gasteiger partial charge in [-0.05, 0) is 32.8 Å². The molecule has 24 heavy (non-hydrogen) atoms. The molecule has 1 unspecified atom stereocenters. The highest BCUT2D eigenvalue weighted by molar-refractivity contribution is 5.84. The number of carbonyl (C=O) groups is 3. The van der Waals surface area contributed by atoms with Crippen LogP contribution in [0, 0.1) is 0 Å². The molecule has 0 saturated carbocycles. The van der Waals surface area contributed by atoms with Crippen LogP contribution >= 0.6 is 0 Å². The third-order valence-electron chi connectivity index (χ3n) is 3.59. The second-order valence-corrected chi connectivity index (χ2v) is 6.10. The summed E-state index contributed by atoms with van der Waals surface area (Å²) >= 11 is 0. The number of carboxylic acids is 1. The summed E-state index contributed by atoms with van der Waals surface area (Å²) in [4.78, 5) is 36.7. The molecule has 6 heteroatoms. The van der Waals surface area contributed by atoms with Gasteiger partial charge in [0.25, 0.3) is 0 Å². The predicted octanol–water partition coefficient (Wildman–Crippen LogP) is 2.18. The molecular formula is C18H26N2O4. The first-order valence-corrected chi connectivity index (χ1v) is 8.16. The van der Waals surface area contributed by atoms with E-state index in [4.69, 9.17) is 0 Å². The molecule has 1 aromatic rings. The Hall–Kier alpha value is -2.37. The maximum atomic E-state index is 12.4. The minimum absolute atomic E-state index is 0.0646. The fraction of sp³-hybridized carbons (Fsp3) is 0.500. The highest BCUT2D eigenvalue weighted by Gasteiger charge is 2.25. The fourth-order valence-electron chi connectivity index (χ4n) is 2.29. The van der Waals surface area contributed by atoms with Crippen LogP contribution in [0.1, 0.15) is 45.6 Å². The van der Waals surface area contributed by atoms with E-state index in [1.54, 1.807) is 0 Å². The van der Waals surface area contributed by atoms with Crippen LogP contribution in [0.15, 0.2) is 30.3 Å². The molecule has 132 valence electrons. The van der Waals surface area contributed by atoms with Gasteiger partial charge in [0.2, 0.25) is 11.8 Å². The lowest BCUT2D eigenvalue weighted by molar-refractivity contribution is -0.150. The first-order valence-electron chi connectivity index (χ1n) is 8.16. The molecule has 0 fully saturated rings. The monoisotopic (exact) mass is 334 g/mol. The molecule has 0 aromatic heterocycles. The van der Waals surface area contributed by atoms with E-state index in [0.717, 1.165) is 5.56 Å². The van der Waals surface area contributed by atoms with Crippen LogP contribution in [0.25, 0.3) is 0 Å². The molecule has 1 atom stereocenters. The molecule has 0 saturated heterocycles. The minimum Gasteiger partial charge on any atom is -0.480 e. The SMILES string of the molecule is CC(C)NC(=O)CCCC(=O)N(Cc1ccccc1)C(C)C(=O)O. The van der Waals surface area contributed by atoms with Gasteiger partial charge in [-0.3, -0.25) is 9.59 Å². The van der Waals surface area contributed by atoms with Crippen molar-refractivity contribution >= 4 is 17.8 Å². The zero-order valence-electron chi connectivity index (χ0n) is 14.5. The summed E-state index contributed by atoms with van der Waals surface area (Å²) in [7, 11) is 0. The third-order valence-corrected chi connectivity index (χ3v) is 3.59. The Labute approximate surface area is 142 Å². The van der Waals surface area contributed by atoms with Gasteiger partial charge in [0.15, 0.2) is 0 Å². The van der Waals surface area contributed by atoms with Crippen LogP contribution in [-0.4, -0.2) is 39.9 Å². The number of amides is 2. The largest absolute Gasteiger partial charge is 0.480 e. The van der Waals surface area contributed by atoms with Crippen molar-refractivity contribution < 1.29 is 19.5 Å². The summed E-state index contributed by atoms with van der Waals surface area (Å²) in [6, 6.07) is 8.41. The summed E-state index contributed by atoms with van der Waals surface area (Å²) in [5.41, 5.74) is 0.872. The molecule has 2 amide bonds. The van der Waals surface area contributed by atoms with Crippen molar-refractivity contribution in [3.05, 3.63) is 35.9 Å². The Kier molecular flexibility index (Phi) is 7.95. The summed E-state index contributed by atoms with van der Waals surface area (Å²) in [6.07, 6.45) is 0.801. The molecule has 0 bridgehead atoms. The first-order chi connectivity index (χ1) is 11.3. The standard InChI is InChI=1S/C18H26N2O4/c1-13(2)19-16(21)10-7-11-17(22)20(14(3)18(23)24)12-15-8-5-4-6-9-15/h4-6,8-9,13-14H,7,10-12H2,1-3H3,(H,19,21)(H,23,24). The van der Waals surface area contributed by atoms with Crippen LogP contribution in [0.2, 0.25) is 0 Å². The lowest BCUT2D eigenvalue weighted by atomic mass is 10.1. The van der Waals surface area contributed by atoms with Gasteiger partial charge in [0.1, 0.15) is 6.04 Å². The highest BCUT2D eigenvalue weighted by Crippen LogP contribution is 2.12. The fourth-order valence-corrected chi connectivity index (χ4v) is 2.29. The van der Waals surface area contributed by atoms with Gasteiger partial charge >= 0.3 is 5.97 Å². The third kappa shape index (κ3) is 6.81. The molecular weight excluding hydrogens is 308 g/mol. The average molecular weight is 334 g/mol. The maximum Gasteiger partial charge on any atom is 0.326 e. The minimum atomic E-state index is -1.04. The molecule has 0 aliphatic heterocycles. The Morgan fingerprint density at radius 3 is 2.25 bits per heavy atom. The van der Waals surface area contributed by atoms with E-state index in [2.05, 4.69) is 5.32 Å². The number of benzene rings is 1. The maximum absolute atomic E-state index is 12.4. The molecule has 0 spiro atoms. The van der Waals surface area contributed by atoms with Gasteiger partial charge in [0, 0.05) is 25.4 Å². The molecule has 1 rings (SSSR count). The van der Waals surface area contributed by atoms with E-state index in [9.17, 15) is 19.5 Å². The molecule has 6 nitrogen and oxygen atoms in total. The van der Waals surface area contributed by atoms with Crippen molar-refractivity contribution in [2.24, 2.45) is 0 Å². The van der Waals surface area contributed by atoms with Gasteiger partial charge in [-0.25, -0.2) is 4.79 Å². The van der Waals surface area contributed by atoms with Crippen molar-refractivity contribution in [3.63, 3.8) is 0 Å². The van der Waals surface area contributed by atoms with Gasteiger partial charge in [-0.1, -0.05) is 30.3 Å². The van der Waals surface area contributed by atoms with Crippen LogP contribution in [0.3, 0.4) is 0 Å². The Morgan fingerprint density at radius 2 is 1.71 bits per heavy atom. The Balaban J connectivity index is 2.64. The number of hydrogen-bond acceptors (Lipinski definition) is 3. The van der Waals surface area contributed by atoms with Gasteiger partial charge in [-0.2, -0.15) is 0 Å². The molecule has 0 radical (unpaired) electrons. The van der Waals surface area contributed by atoms with Crippen molar-refractivity contribution in [1.82, 2.24) is 10.2 Å². The second-order valence-electron chi connectivity index (χ2n) is 6.10. The number of carboxylic acid groups (broad SMARTS) is 1. The van der Waals surface area contributed by atoms with Crippen molar-refractivity contribution in [3.8, 4) is 0 Å². The number of rotatable bonds is 9. The number of nitrogens with zero attached hydrogens (tertiary/aromatic N) is 1. The van der Waals surface area contributed by atoms with Gasteiger partial charge in [0.05, 0.1) is 0 Å². The topological polar surface area (TPSA) is 86.7 Å². The van der Waals surface area contributed by atoms with Gasteiger partial charge < -0.3 is 15.3 Å². The zero-order valence-corrected chi connectivity index (χ0v) is 14.5.